The van der Waals surface area contributed by atoms with Crippen molar-refractivity contribution in [2.45, 2.75) is 44.8 Å². The van der Waals surface area contributed by atoms with Crippen molar-refractivity contribution in [2.24, 2.45) is 0 Å². The molecule has 1 heterocycles. The van der Waals surface area contributed by atoms with Crippen LogP contribution in [0.1, 0.15) is 36.8 Å². The molecule has 1 N–H and O–H groups in total. The van der Waals surface area contributed by atoms with E-state index in [1.807, 2.05) is 12.1 Å². The molecule has 1 atom stereocenters. The van der Waals surface area contributed by atoms with E-state index in [1.54, 1.807) is 0 Å². The fourth-order valence-corrected chi connectivity index (χ4v) is 3.48. The Morgan fingerprint density at radius 3 is 2.62 bits per heavy atom. The second-order valence-corrected chi connectivity index (χ2v) is 7.51. The van der Waals surface area contributed by atoms with Crippen molar-refractivity contribution in [3.8, 4) is 5.75 Å². The van der Waals surface area contributed by atoms with Crippen LogP contribution in [-0.2, 0) is 27.6 Å². The summed E-state index contributed by atoms with van der Waals surface area (Å²) in [7, 11) is -3.33. The van der Waals surface area contributed by atoms with Gasteiger partial charge in [-0.05, 0) is 55.4 Å². The number of hydrogen-bond acceptors (Lipinski definition) is 4. The molecular formula is C15H21NO4S. The first-order chi connectivity index (χ1) is 10.0. The monoisotopic (exact) mass is 311 g/mol. The highest BCUT2D eigenvalue weighted by atomic mass is 32.2. The van der Waals surface area contributed by atoms with Gasteiger partial charge in [-0.1, -0.05) is 0 Å². The van der Waals surface area contributed by atoms with E-state index in [1.165, 1.54) is 11.1 Å². The zero-order valence-electron chi connectivity index (χ0n) is 12.2. The lowest BCUT2D eigenvalue weighted by Gasteiger charge is -2.25. The summed E-state index contributed by atoms with van der Waals surface area (Å²) in [5.74, 6) is 0.577. The van der Waals surface area contributed by atoms with Crippen LogP contribution in [0.15, 0.2) is 12.1 Å². The topological polar surface area (TPSA) is 64.6 Å². The van der Waals surface area contributed by atoms with Crippen LogP contribution in [0.2, 0.25) is 0 Å². The second-order valence-electron chi connectivity index (χ2n) is 5.76. The maximum atomic E-state index is 11.5. The van der Waals surface area contributed by atoms with E-state index in [2.05, 4.69) is 4.72 Å². The number of hydrogen-bond donors (Lipinski definition) is 1. The standard InChI is InChI=1S/C15H21NO4S/c1-21(17,18)16-13-9-11-5-4-6-12(11)10-14(13)20-15-7-2-3-8-19-15/h9-10,15-16H,2-8H2,1H3. The van der Waals surface area contributed by atoms with E-state index in [-0.39, 0.29) is 6.29 Å². The van der Waals surface area contributed by atoms with Gasteiger partial charge in [-0.2, -0.15) is 0 Å². The SMILES string of the molecule is CS(=O)(=O)Nc1cc2c(cc1OC1CCCCO1)CCC2. The third kappa shape index (κ3) is 3.68. The smallest absolute Gasteiger partial charge is 0.229 e. The maximum Gasteiger partial charge on any atom is 0.229 e. The summed E-state index contributed by atoms with van der Waals surface area (Å²) in [6, 6.07) is 3.87. The molecule has 1 unspecified atom stereocenters. The molecule has 2 aliphatic rings. The number of aryl methyl sites for hydroxylation is 2. The molecule has 3 rings (SSSR count). The Labute approximate surface area is 125 Å². The Morgan fingerprint density at radius 1 is 1.19 bits per heavy atom. The van der Waals surface area contributed by atoms with Crippen LogP contribution in [0.5, 0.6) is 5.75 Å². The molecule has 0 amide bonds. The predicted molar refractivity (Wildman–Crippen MR) is 81.2 cm³/mol. The largest absolute Gasteiger partial charge is 0.463 e. The molecule has 6 heteroatoms. The van der Waals surface area contributed by atoms with E-state index in [9.17, 15) is 8.42 Å². The summed E-state index contributed by atoms with van der Waals surface area (Å²) in [6.07, 6.45) is 6.97. The van der Waals surface area contributed by atoms with Crippen molar-refractivity contribution in [3.05, 3.63) is 23.3 Å². The molecule has 1 saturated heterocycles. The van der Waals surface area contributed by atoms with Gasteiger partial charge in [0.2, 0.25) is 10.0 Å². The van der Waals surface area contributed by atoms with Crippen molar-refractivity contribution in [1.29, 1.82) is 0 Å². The van der Waals surface area contributed by atoms with Crippen molar-refractivity contribution < 1.29 is 17.9 Å². The Kier molecular flexibility index (Phi) is 4.08. The maximum absolute atomic E-state index is 11.5. The normalized spacial score (nSPS) is 21.9. The lowest BCUT2D eigenvalue weighted by Crippen LogP contribution is -2.25. The van der Waals surface area contributed by atoms with Gasteiger partial charge in [-0.3, -0.25) is 4.72 Å². The fourth-order valence-electron chi connectivity index (χ4n) is 2.92. The minimum absolute atomic E-state index is 0.279. The summed E-state index contributed by atoms with van der Waals surface area (Å²) in [6.45, 7) is 0.699. The molecule has 1 aromatic rings. The van der Waals surface area contributed by atoms with Gasteiger partial charge in [0.05, 0.1) is 18.6 Å². The highest BCUT2D eigenvalue weighted by Gasteiger charge is 2.21. The molecule has 1 fully saturated rings. The summed E-state index contributed by atoms with van der Waals surface area (Å²) in [4.78, 5) is 0. The molecule has 5 nitrogen and oxygen atoms in total. The molecular weight excluding hydrogens is 290 g/mol. The van der Waals surface area contributed by atoms with Gasteiger partial charge >= 0.3 is 0 Å². The lowest BCUT2D eigenvalue weighted by molar-refractivity contribution is -0.105. The molecule has 0 spiro atoms. The predicted octanol–water partition coefficient (Wildman–Crippen LogP) is 2.45. The molecule has 0 saturated carbocycles. The number of ether oxygens (including phenoxy) is 2. The number of nitrogens with one attached hydrogen (secondary N) is 1. The lowest BCUT2D eigenvalue weighted by atomic mass is 10.1. The average Bonchev–Trinajstić information content (AvgIpc) is 2.85. The van der Waals surface area contributed by atoms with Gasteiger partial charge in [-0.15, -0.1) is 0 Å². The zero-order chi connectivity index (χ0) is 14.9. The van der Waals surface area contributed by atoms with E-state index < -0.39 is 10.0 Å². The average molecular weight is 311 g/mol. The van der Waals surface area contributed by atoms with Crippen molar-refractivity contribution in [3.63, 3.8) is 0 Å². The van der Waals surface area contributed by atoms with Gasteiger partial charge in [0, 0.05) is 6.42 Å². The molecule has 1 aliphatic carbocycles. The molecule has 0 bridgehead atoms. The summed E-state index contributed by atoms with van der Waals surface area (Å²) < 4.78 is 37.2. The van der Waals surface area contributed by atoms with Crippen LogP contribution in [0.25, 0.3) is 0 Å². The number of anilines is 1. The molecule has 116 valence electrons. The third-order valence-corrected chi connectivity index (χ3v) is 4.48. The Hall–Kier alpha value is -1.27. The third-order valence-electron chi connectivity index (χ3n) is 3.89. The number of fused-ring (bicyclic) bond motifs is 1. The summed E-state index contributed by atoms with van der Waals surface area (Å²) in [5, 5.41) is 0. The van der Waals surface area contributed by atoms with Gasteiger partial charge < -0.3 is 9.47 Å². The minimum Gasteiger partial charge on any atom is -0.463 e. The van der Waals surface area contributed by atoms with Crippen LogP contribution in [0.4, 0.5) is 5.69 Å². The highest BCUT2D eigenvalue weighted by molar-refractivity contribution is 7.92. The molecule has 0 radical (unpaired) electrons. The van der Waals surface area contributed by atoms with Gasteiger partial charge in [0.1, 0.15) is 5.75 Å². The minimum atomic E-state index is -3.33. The fraction of sp³-hybridized carbons (Fsp3) is 0.600. The first-order valence-electron chi connectivity index (χ1n) is 7.43. The van der Waals surface area contributed by atoms with E-state index in [0.717, 1.165) is 44.8 Å². The molecule has 21 heavy (non-hydrogen) atoms. The van der Waals surface area contributed by atoms with Crippen molar-refractivity contribution in [2.75, 3.05) is 17.6 Å². The van der Waals surface area contributed by atoms with Crippen molar-refractivity contribution >= 4 is 15.7 Å². The summed E-state index contributed by atoms with van der Waals surface area (Å²) >= 11 is 0. The van der Waals surface area contributed by atoms with E-state index in [0.29, 0.717) is 18.0 Å². The van der Waals surface area contributed by atoms with Crippen LogP contribution < -0.4 is 9.46 Å². The number of benzene rings is 1. The van der Waals surface area contributed by atoms with E-state index in [4.69, 9.17) is 9.47 Å². The first kappa shape index (κ1) is 14.7. The van der Waals surface area contributed by atoms with Gasteiger partial charge in [0.25, 0.3) is 0 Å². The van der Waals surface area contributed by atoms with E-state index >= 15 is 0 Å². The Balaban J connectivity index is 1.88. The second kappa shape index (κ2) is 5.85. The molecule has 1 aromatic carbocycles. The van der Waals surface area contributed by atoms with Crippen LogP contribution >= 0.6 is 0 Å². The number of rotatable bonds is 4. The van der Waals surface area contributed by atoms with Crippen LogP contribution in [0, 0.1) is 0 Å². The molecule has 0 aromatic heterocycles. The van der Waals surface area contributed by atoms with Crippen molar-refractivity contribution in [1.82, 2.24) is 0 Å². The Bertz CT molecular complexity index is 621. The molecule has 1 aliphatic heterocycles. The van der Waals surface area contributed by atoms with Gasteiger partial charge in [0.15, 0.2) is 6.29 Å². The zero-order valence-corrected chi connectivity index (χ0v) is 13.0. The highest BCUT2D eigenvalue weighted by Crippen LogP contribution is 2.35. The first-order valence-corrected chi connectivity index (χ1v) is 9.32. The Morgan fingerprint density at radius 2 is 1.95 bits per heavy atom. The quantitative estimate of drug-likeness (QED) is 0.927. The number of sulfonamides is 1. The van der Waals surface area contributed by atoms with Gasteiger partial charge in [-0.25, -0.2) is 8.42 Å². The van der Waals surface area contributed by atoms with Crippen LogP contribution in [0.3, 0.4) is 0 Å². The summed E-state index contributed by atoms with van der Waals surface area (Å²) in [5.41, 5.74) is 2.98. The van der Waals surface area contributed by atoms with Crippen LogP contribution in [-0.4, -0.2) is 27.6 Å².